The number of hydrogen-bond donors (Lipinski definition) is 0. The lowest BCUT2D eigenvalue weighted by molar-refractivity contribution is -0.146. The van der Waals surface area contributed by atoms with Crippen LogP contribution in [0.5, 0.6) is 0 Å². The van der Waals surface area contributed by atoms with Crippen molar-refractivity contribution in [1.82, 2.24) is 4.90 Å². The Morgan fingerprint density at radius 3 is 1.96 bits per heavy atom. The number of hydrogen-bond acceptors (Lipinski definition) is 6. The lowest BCUT2D eigenvalue weighted by Crippen LogP contribution is -2.47. The fourth-order valence-electron chi connectivity index (χ4n) is 2.35. The molecule has 1 heterocycles. The first kappa shape index (κ1) is 17.1. The minimum Gasteiger partial charge on any atom is -0.468 e. The topological polar surface area (TPSA) is 90.0 Å². The first-order chi connectivity index (χ1) is 10.9. The van der Waals surface area contributed by atoms with Crippen LogP contribution < -0.4 is 0 Å². The number of methoxy groups -OCH3 is 2. The van der Waals surface area contributed by atoms with Crippen molar-refractivity contribution in [2.45, 2.75) is 17.3 Å². The maximum Gasteiger partial charge on any atom is 0.329 e. The van der Waals surface area contributed by atoms with Gasteiger partial charge in [-0.1, -0.05) is 28.1 Å². The van der Waals surface area contributed by atoms with Gasteiger partial charge in [-0.3, -0.25) is 19.3 Å². The van der Waals surface area contributed by atoms with E-state index in [0.717, 1.165) is 12.0 Å². The van der Waals surface area contributed by atoms with Gasteiger partial charge in [0.2, 0.25) is 0 Å². The number of fused-ring (bicyclic) bond motifs is 1. The Kier molecular flexibility index (Phi) is 5.15. The summed E-state index contributed by atoms with van der Waals surface area (Å²) in [6.07, 6.45) is -0.148. The fourth-order valence-corrected chi connectivity index (χ4v) is 2.90. The molecule has 2 rings (SSSR count). The predicted octanol–water partition coefficient (Wildman–Crippen LogP) is 1.15. The summed E-state index contributed by atoms with van der Waals surface area (Å²) in [4.78, 5) is 48.5. The number of nitrogens with zero attached hydrogens (tertiary/aromatic N) is 1. The summed E-state index contributed by atoms with van der Waals surface area (Å²) >= 11 is 3.09. The Hall–Kier alpha value is -2.22. The van der Waals surface area contributed by atoms with Gasteiger partial charge in [-0.05, 0) is 12.1 Å². The lowest BCUT2D eigenvalue weighted by Gasteiger charge is -2.25. The number of rotatable bonds is 5. The molecule has 0 saturated carbocycles. The predicted molar refractivity (Wildman–Crippen MR) is 82.1 cm³/mol. The number of esters is 2. The van der Waals surface area contributed by atoms with Crippen molar-refractivity contribution in [1.29, 1.82) is 0 Å². The van der Waals surface area contributed by atoms with Crippen LogP contribution in [-0.2, 0) is 19.1 Å². The van der Waals surface area contributed by atoms with Crippen LogP contribution in [0.15, 0.2) is 24.3 Å². The summed E-state index contributed by atoms with van der Waals surface area (Å²) in [5.41, 5.74) is 0.436. The van der Waals surface area contributed by atoms with Crippen molar-refractivity contribution < 1.29 is 28.7 Å². The average molecular weight is 384 g/mol. The van der Waals surface area contributed by atoms with Gasteiger partial charge in [-0.25, -0.2) is 4.79 Å². The smallest absolute Gasteiger partial charge is 0.329 e. The van der Waals surface area contributed by atoms with Crippen LogP contribution in [0, 0.1) is 0 Å². The van der Waals surface area contributed by atoms with E-state index in [4.69, 9.17) is 0 Å². The van der Waals surface area contributed by atoms with Crippen LogP contribution in [0.2, 0.25) is 0 Å². The molecule has 0 unspecified atom stereocenters. The van der Waals surface area contributed by atoms with Crippen molar-refractivity contribution in [2.75, 3.05) is 14.2 Å². The average Bonchev–Trinajstić information content (AvgIpc) is 2.82. The molecule has 2 amide bonds. The second-order valence-electron chi connectivity index (χ2n) is 4.79. The van der Waals surface area contributed by atoms with Gasteiger partial charge in [0.15, 0.2) is 0 Å². The third-order valence-corrected chi connectivity index (χ3v) is 4.25. The Morgan fingerprint density at radius 2 is 1.52 bits per heavy atom. The molecule has 0 radical (unpaired) electrons. The molecule has 122 valence electrons. The number of benzene rings is 1. The molecule has 1 aromatic carbocycles. The van der Waals surface area contributed by atoms with E-state index in [2.05, 4.69) is 25.4 Å². The molecule has 0 spiro atoms. The van der Waals surface area contributed by atoms with E-state index in [1.54, 1.807) is 12.1 Å². The largest absolute Gasteiger partial charge is 0.468 e. The zero-order valence-corrected chi connectivity index (χ0v) is 14.0. The van der Waals surface area contributed by atoms with E-state index in [9.17, 15) is 19.2 Å². The van der Waals surface area contributed by atoms with Gasteiger partial charge in [0.1, 0.15) is 10.9 Å². The molecule has 8 heteroatoms. The van der Waals surface area contributed by atoms with Crippen LogP contribution in [0.3, 0.4) is 0 Å². The van der Waals surface area contributed by atoms with Crippen LogP contribution >= 0.6 is 15.9 Å². The van der Waals surface area contributed by atoms with E-state index < -0.39 is 34.6 Å². The molecule has 1 aromatic rings. The standard InChI is InChI=1S/C15H14BrNO6/c1-22-14(20)10(16)7-11(15(21)23-2)17-12(18)8-5-3-4-6-9(8)13(17)19/h3-6,10-11H,7H2,1-2H3/t10-,11+/m1/s1. The third kappa shape index (κ3) is 3.12. The van der Waals surface area contributed by atoms with Gasteiger partial charge in [0, 0.05) is 6.42 Å². The first-order valence-corrected chi connectivity index (χ1v) is 7.60. The van der Waals surface area contributed by atoms with Crippen molar-refractivity contribution in [3.05, 3.63) is 35.4 Å². The second-order valence-corrected chi connectivity index (χ2v) is 5.90. The molecule has 0 bridgehead atoms. The SMILES string of the molecule is COC(=O)[C@H](Br)C[C@@H](C(=O)OC)N1C(=O)c2ccccc2C1=O. The molecule has 7 nitrogen and oxygen atoms in total. The fraction of sp³-hybridized carbons (Fsp3) is 0.333. The van der Waals surface area contributed by atoms with Gasteiger partial charge < -0.3 is 9.47 Å². The van der Waals surface area contributed by atoms with Crippen LogP contribution in [0.1, 0.15) is 27.1 Å². The number of halogens is 1. The monoisotopic (exact) mass is 383 g/mol. The van der Waals surface area contributed by atoms with Crippen molar-refractivity contribution in [3.63, 3.8) is 0 Å². The van der Waals surface area contributed by atoms with Crippen LogP contribution in [0.25, 0.3) is 0 Å². The third-order valence-electron chi connectivity index (χ3n) is 3.50. The molecular weight excluding hydrogens is 370 g/mol. The quantitative estimate of drug-likeness (QED) is 0.430. The number of imide groups is 1. The second kappa shape index (κ2) is 6.91. The zero-order valence-electron chi connectivity index (χ0n) is 12.4. The first-order valence-electron chi connectivity index (χ1n) is 6.69. The van der Waals surface area contributed by atoms with E-state index in [-0.39, 0.29) is 17.5 Å². The molecule has 1 aliphatic rings. The lowest BCUT2D eigenvalue weighted by atomic mass is 10.1. The Morgan fingerprint density at radius 1 is 1.04 bits per heavy atom. The molecule has 0 aliphatic carbocycles. The van der Waals surface area contributed by atoms with Crippen LogP contribution in [0.4, 0.5) is 0 Å². The van der Waals surface area contributed by atoms with Gasteiger partial charge in [0.05, 0.1) is 25.3 Å². The van der Waals surface area contributed by atoms with Gasteiger partial charge in [-0.15, -0.1) is 0 Å². The summed E-state index contributed by atoms with van der Waals surface area (Å²) < 4.78 is 9.25. The maximum absolute atomic E-state index is 12.5. The zero-order chi connectivity index (χ0) is 17.1. The number of carbonyl (C=O) groups excluding carboxylic acids is 4. The molecule has 23 heavy (non-hydrogen) atoms. The summed E-state index contributed by atoms with van der Waals surface area (Å²) in [7, 11) is 2.35. The van der Waals surface area contributed by atoms with E-state index in [1.807, 2.05) is 0 Å². The van der Waals surface area contributed by atoms with Crippen molar-refractivity contribution in [2.24, 2.45) is 0 Å². The van der Waals surface area contributed by atoms with Gasteiger partial charge in [-0.2, -0.15) is 0 Å². The molecule has 0 N–H and O–H groups in total. The van der Waals surface area contributed by atoms with Gasteiger partial charge in [0.25, 0.3) is 11.8 Å². The van der Waals surface area contributed by atoms with Gasteiger partial charge >= 0.3 is 11.9 Å². The summed E-state index contributed by atoms with van der Waals surface area (Å²) in [5.74, 6) is -2.58. The summed E-state index contributed by atoms with van der Waals surface area (Å²) in [5, 5.41) is 0. The van der Waals surface area contributed by atoms with E-state index >= 15 is 0 Å². The number of alkyl halides is 1. The normalized spacial score (nSPS) is 15.9. The van der Waals surface area contributed by atoms with Crippen LogP contribution in [-0.4, -0.2) is 53.7 Å². The molecule has 0 aromatic heterocycles. The molecule has 0 fully saturated rings. The molecule has 1 aliphatic heterocycles. The van der Waals surface area contributed by atoms with Crippen molar-refractivity contribution in [3.8, 4) is 0 Å². The highest BCUT2D eigenvalue weighted by Crippen LogP contribution is 2.27. The molecule has 2 atom stereocenters. The highest BCUT2D eigenvalue weighted by molar-refractivity contribution is 9.10. The summed E-state index contributed by atoms with van der Waals surface area (Å²) in [6, 6.07) is 5.05. The summed E-state index contributed by atoms with van der Waals surface area (Å²) in [6.45, 7) is 0. The Balaban J connectivity index is 2.34. The number of amides is 2. The highest BCUT2D eigenvalue weighted by Gasteiger charge is 2.44. The Labute approximate surface area is 140 Å². The molecule has 0 saturated heterocycles. The highest BCUT2D eigenvalue weighted by atomic mass is 79.9. The minimum absolute atomic E-state index is 0.148. The Bertz CT molecular complexity index is 639. The van der Waals surface area contributed by atoms with E-state index in [0.29, 0.717) is 0 Å². The number of ether oxygens (including phenoxy) is 2. The maximum atomic E-state index is 12.5. The molecular formula is C15H14BrNO6. The van der Waals surface area contributed by atoms with E-state index in [1.165, 1.54) is 19.2 Å². The number of carbonyl (C=O) groups is 4. The minimum atomic E-state index is -1.23. The van der Waals surface area contributed by atoms with Crippen molar-refractivity contribution >= 4 is 39.7 Å².